The van der Waals surface area contributed by atoms with Crippen LogP contribution in [-0.2, 0) is 94.9 Å². The molecule has 0 radical (unpaired) electrons. The number of fused-ring (bicyclic) bond motifs is 2. The van der Waals surface area contributed by atoms with Crippen LogP contribution in [0.1, 0.15) is 134 Å². The van der Waals surface area contributed by atoms with Gasteiger partial charge in [0.05, 0.1) is 32.2 Å². The Morgan fingerprint density at radius 2 is 1.47 bits per heavy atom. The molecule has 34 heteroatoms. The first-order valence-electron chi connectivity index (χ1n) is 34.0. The predicted octanol–water partition coefficient (Wildman–Crippen LogP) is 0.259. The van der Waals surface area contributed by atoms with Crippen LogP contribution in [0.2, 0.25) is 0 Å². The molecule has 14 N–H and O–H groups in total. The number of likely N-dealkylation sites (N-methyl/N-ethyl adjacent to an activating group) is 1. The molecule has 558 valence electrons. The second-order valence-corrected chi connectivity index (χ2v) is 27.4. The molecule has 10 amide bonds. The molecule has 101 heavy (non-hydrogen) atoms. The summed E-state index contributed by atoms with van der Waals surface area (Å²) in [5.74, 6) is -8.51. The maximum atomic E-state index is 15.1. The number of carbonyl (C=O) groups is 13. The number of thioether (sulfide) groups is 2. The molecule has 10 atom stereocenters. The van der Waals surface area contributed by atoms with Crippen LogP contribution in [0.3, 0.4) is 0 Å². The summed E-state index contributed by atoms with van der Waals surface area (Å²) in [7, 11) is 2.69. The fraction of sp³-hybridized carbons (Fsp3) is 0.612. The van der Waals surface area contributed by atoms with Gasteiger partial charge in [0.25, 0.3) is 5.91 Å². The zero-order chi connectivity index (χ0) is 74.0. The van der Waals surface area contributed by atoms with E-state index in [0.717, 1.165) is 43.7 Å². The van der Waals surface area contributed by atoms with Crippen LogP contribution >= 0.6 is 23.5 Å². The molecule has 3 aliphatic rings. The van der Waals surface area contributed by atoms with Gasteiger partial charge in [0.1, 0.15) is 78.9 Å². The molecule has 2 aromatic carbocycles. The monoisotopic (exact) mass is 1450 g/mol. The van der Waals surface area contributed by atoms with Gasteiger partial charge in [-0.05, 0) is 151 Å². The summed E-state index contributed by atoms with van der Waals surface area (Å²) in [4.78, 5) is 194. The van der Waals surface area contributed by atoms with Crippen molar-refractivity contribution < 1.29 is 91.9 Å². The molecular formula is C67H99N13O19S2. The number of nitrogens with one attached hydrogen (secondary N) is 8. The summed E-state index contributed by atoms with van der Waals surface area (Å²) in [6, 6.07) is -0.991. The van der Waals surface area contributed by atoms with E-state index in [4.69, 9.17) is 21.0 Å². The third kappa shape index (κ3) is 28.8. The predicted molar refractivity (Wildman–Crippen MR) is 373 cm³/mol. The highest BCUT2D eigenvalue weighted by Crippen LogP contribution is 2.28. The lowest BCUT2D eigenvalue weighted by Crippen LogP contribution is -2.60. The van der Waals surface area contributed by atoms with Crippen molar-refractivity contribution in [1.29, 1.82) is 0 Å². The van der Waals surface area contributed by atoms with Crippen molar-refractivity contribution in [2.75, 3.05) is 58.5 Å². The van der Waals surface area contributed by atoms with Crippen molar-refractivity contribution in [3.63, 3.8) is 0 Å². The first-order chi connectivity index (χ1) is 48.3. The van der Waals surface area contributed by atoms with Crippen LogP contribution in [0, 0.1) is 5.92 Å². The van der Waals surface area contributed by atoms with Gasteiger partial charge in [0.2, 0.25) is 53.2 Å². The number of phenols is 1. The number of carboxylic acids is 1. The van der Waals surface area contributed by atoms with E-state index in [1.807, 2.05) is 18.2 Å². The fourth-order valence-corrected chi connectivity index (χ4v) is 13.6. The Balaban J connectivity index is 1.36. The number of phenolic OH excluding ortho intramolecular Hbond substituents is 1. The Labute approximate surface area is 595 Å². The number of carboxylic acid groups (broad SMARTS) is 1. The minimum absolute atomic E-state index is 0.0225. The summed E-state index contributed by atoms with van der Waals surface area (Å²) in [6.45, 7) is 5.90. The van der Waals surface area contributed by atoms with E-state index in [1.165, 1.54) is 64.5 Å². The molecule has 3 aliphatic heterocycles. The number of benzene rings is 2. The third-order valence-corrected chi connectivity index (χ3v) is 19.0. The fourth-order valence-electron chi connectivity index (χ4n) is 11.5. The van der Waals surface area contributed by atoms with Crippen LogP contribution in [0.5, 0.6) is 11.5 Å². The number of oxime groups is 1. The Kier molecular flexibility index (Phi) is 36.1. The number of hydrogen-bond acceptors (Lipinski definition) is 23. The second kappa shape index (κ2) is 43.9. The highest BCUT2D eigenvalue weighted by Gasteiger charge is 2.42. The van der Waals surface area contributed by atoms with Crippen LogP contribution in [-0.4, -0.2) is 222 Å². The van der Waals surface area contributed by atoms with Crippen molar-refractivity contribution in [2.24, 2.45) is 22.5 Å². The summed E-state index contributed by atoms with van der Waals surface area (Å²) < 4.78 is 6.25. The number of hydrogen-bond donors (Lipinski definition) is 12. The van der Waals surface area contributed by atoms with Gasteiger partial charge < -0.3 is 88.4 Å². The molecule has 3 heterocycles. The standard InChI is InChI=1S/C67H99N13O19S2/c1-40(2)28-49(63(91)75-51(33-58(86)99-96-5)61(89)72-41(3)66(94)79-24-12-15-54(79)64(92)77-50(32-42-17-20-46(82)21-18-42)62(90)73-45(35-81)19-22-57(84)85)76-65(93)55-16-13-25-80(55)67(95)53-39-101-37-44-29-43(36-100-38-52(70-4)59(69)87)30-47(31-44)97-26-10-6-7-11-27-98-71-34-56(83)74-48(60(88)78-53)14-8-9-23-68/h17-18,20-21,29-31,34-35,40-41,45,48-55,70,82H,6-16,19,22-28,32-33,36-39,68H2,1-5H3,(H2,69,87)(H,72,89)(H,73,90)(H,74,83)(H,75,91)(H,76,93)(H,77,92)(H,78,88)(H,84,85)/b71-34+/t41-,45-,48-,49-,50-,51-,52-,53-,54-,55-/m0/s1. The molecule has 2 bridgehead atoms. The summed E-state index contributed by atoms with van der Waals surface area (Å²) in [5, 5.41) is 44.2. The van der Waals surface area contributed by atoms with Crippen molar-refractivity contribution in [3.8, 4) is 11.5 Å². The van der Waals surface area contributed by atoms with Gasteiger partial charge in [0.15, 0.2) is 0 Å². The molecule has 0 aliphatic carbocycles. The number of carbonyl (C=O) groups excluding carboxylic acids is 12. The number of aldehydes is 1. The molecule has 0 aromatic heterocycles. The molecule has 2 aromatic rings. The first kappa shape index (κ1) is 83.1. The molecular weight excluding hydrogens is 1350 g/mol. The Morgan fingerprint density at radius 3 is 2.12 bits per heavy atom. The van der Waals surface area contributed by atoms with Gasteiger partial charge in [-0.25, -0.2) is 4.79 Å². The van der Waals surface area contributed by atoms with E-state index in [1.54, 1.807) is 20.9 Å². The molecule has 0 unspecified atom stereocenters. The number of rotatable bonds is 33. The molecule has 5 rings (SSSR count). The number of ether oxygens (including phenoxy) is 1. The molecule has 0 spiro atoms. The Morgan fingerprint density at radius 1 is 0.802 bits per heavy atom. The highest BCUT2D eigenvalue weighted by atomic mass is 32.2. The van der Waals surface area contributed by atoms with Gasteiger partial charge in [-0.2, -0.15) is 28.4 Å². The van der Waals surface area contributed by atoms with Gasteiger partial charge in [0, 0.05) is 48.9 Å². The molecule has 0 saturated carbocycles. The van der Waals surface area contributed by atoms with Crippen molar-refractivity contribution >= 4 is 107 Å². The highest BCUT2D eigenvalue weighted by molar-refractivity contribution is 7.98. The van der Waals surface area contributed by atoms with Crippen molar-refractivity contribution in [2.45, 2.75) is 195 Å². The summed E-state index contributed by atoms with van der Waals surface area (Å²) in [6.07, 6.45) is 4.65. The maximum absolute atomic E-state index is 15.1. The minimum Gasteiger partial charge on any atom is -0.508 e. The smallest absolute Gasteiger partial charge is 0.344 e. The average Bonchev–Trinajstić information content (AvgIpc) is 1.75. The van der Waals surface area contributed by atoms with E-state index in [0.29, 0.717) is 80.1 Å². The van der Waals surface area contributed by atoms with Crippen LogP contribution < -0.4 is 58.7 Å². The third-order valence-electron chi connectivity index (χ3n) is 16.8. The zero-order valence-corrected chi connectivity index (χ0v) is 59.5. The van der Waals surface area contributed by atoms with Gasteiger partial charge in [-0.3, -0.25) is 57.6 Å². The van der Waals surface area contributed by atoms with Gasteiger partial charge in [-0.15, -0.1) is 0 Å². The lowest BCUT2D eigenvalue weighted by Gasteiger charge is -2.31. The van der Waals surface area contributed by atoms with E-state index in [2.05, 4.69) is 57.5 Å². The SMILES string of the molecule is CN[C@@H](CSCc1cc2cc(c1)OCCCCCCO/N=C/C(=O)N[C@@H](CCCCN)C(=O)N[C@H](C(=O)N1CCC[C@H]1C(=O)N[C@@H](CC(C)C)C(=O)N[C@@H](CC(=O)OOC)C(=O)N[C@@H](C)C(=O)N1CCC[C@H]1C(=O)N[C@@H](Cc1ccc(O)cc1)C(=O)N[C@H](C=O)CCC(=O)O)CSC2)C(N)=O. The number of primary amides is 1. The van der Waals surface area contributed by atoms with Crippen LogP contribution in [0.4, 0.5) is 0 Å². The Hall–Kier alpha value is -8.60. The number of likely N-dealkylation sites (tertiary alicyclic amines) is 2. The van der Waals surface area contributed by atoms with E-state index in [9.17, 15) is 67.7 Å². The zero-order valence-electron chi connectivity index (χ0n) is 57.9. The first-order valence-corrected chi connectivity index (χ1v) is 36.3. The normalized spacial score (nSPS) is 20.0. The van der Waals surface area contributed by atoms with E-state index >= 15 is 4.79 Å². The number of nitrogens with two attached hydrogens (primary N) is 2. The quantitative estimate of drug-likeness (QED) is 0.0197. The van der Waals surface area contributed by atoms with E-state index in [-0.39, 0.29) is 75.6 Å². The molecule has 32 nitrogen and oxygen atoms in total. The van der Waals surface area contributed by atoms with Gasteiger partial charge in [-0.1, -0.05) is 37.2 Å². The van der Waals surface area contributed by atoms with Crippen LogP contribution in [0.15, 0.2) is 47.6 Å². The number of nitrogens with zero attached hydrogens (tertiary/aromatic N) is 3. The lowest BCUT2D eigenvalue weighted by molar-refractivity contribution is -0.255. The molecule has 2 saturated heterocycles. The van der Waals surface area contributed by atoms with Crippen LogP contribution in [0.25, 0.3) is 0 Å². The molecule has 2 fully saturated rings. The Bertz CT molecular complexity index is 3170. The summed E-state index contributed by atoms with van der Waals surface area (Å²) >= 11 is 2.83. The topological polar surface area (TPSA) is 466 Å². The lowest BCUT2D eigenvalue weighted by atomic mass is 10.0. The second-order valence-electron chi connectivity index (χ2n) is 25.3. The minimum atomic E-state index is -1.77. The van der Waals surface area contributed by atoms with Crippen molar-refractivity contribution in [1.82, 2.24) is 52.3 Å². The number of aliphatic carboxylic acids is 1. The number of unbranched alkanes of at least 4 members (excludes halogenated alkanes) is 1. The number of aromatic hydroxyl groups is 1. The number of amides is 10. The average molecular weight is 1450 g/mol. The summed E-state index contributed by atoms with van der Waals surface area (Å²) in [5.41, 5.74) is 13.6. The van der Waals surface area contributed by atoms with Gasteiger partial charge >= 0.3 is 11.9 Å². The maximum Gasteiger partial charge on any atom is 0.344 e. The largest absolute Gasteiger partial charge is 0.508 e. The van der Waals surface area contributed by atoms with Crippen molar-refractivity contribution in [3.05, 3.63) is 59.2 Å². The van der Waals surface area contributed by atoms with E-state index < -0.39 is 144 Å².